The van der Waals surface area contributed by atoms with Crippen molar-refractivity contribution in [2.24, 2.45) is 5.92 Å². The zero-order valence-electron chi connectivity index (χ0n) is 8.96. The first kappa shape index (κ1) is 11.9. The van der Waals surface area contributed by atoms with E-state index < -0.39 is 18.1 Å². The first-order valence-electron chi connectivity index (χ1n) is 5.12. The molecule has 1 saturated carbocycles. The molecule has 3 atom stereocenters. The summed E-state index contributed by atoms with van der Waals surface area (Å²) in [5, 5.41) is 2.50. The van der Waals surface area contributed by atoms with E-state index >= 15 is 0 Å². The molecule has 4 nitrogen and oxygen atoms in total. The number of nitrogens with one attached hydrogen (secondary N) is 1. The molecule has 86 valence electrons. The van der Waals surface area contributed by atoms with Crippen LogP contribution in [-0.4, -0.2) is 30.7 Å². The highest BCUT2D eigenvalue weighted by Crippen LogP contribution is 2.29. The lowest BCUT2D eigenvalue weighted by Gasteiger charge is -2.12. The third-order valence-electron chi connectivity index (χ3n) is 2.49. The van der Waals surface area contributed by atoms with Crippen molar-refractivity contribution < 1.29 is 18.7 Å². The first-order valence-corrected chi connectivity index (χ1v) is 5.12. The van der Waals surface area contributed by atoms with Gasteiger partial charge in [-0.05, 0) is 19.8 Å². The van der Waals surface area contributed by atoms with Crippen molar-refractivity contribution in [2.75, 3.05) is 6.61 Å². The molecule has 1 N–H and O–H groups in total. The summed E-state index contributed by atoms with van der Waals surface area (Å²) in [6.07, 6.45) is -0.674. The molecule has 0 heterocycles. The molecule has 0 unspecified atom stereocenters. The monoisotopic (exact) mass is 217 g/mol. The van der Waals surface area contributed by atoms with Crippen molar-refractivity contribution >= 4 is 11.9 Å². The molecular weight excluding hydrogens is 201 g/mol. The molecule has 5 heteroatoms. The first-order chi connectivity index (χ1) is 7.04. The number of rotatable bonds is 3. The van der Waals surface area contributed by atoms with Crippen molar-refractivity contribution in [3.63, 3.8) is 0 Å². The lowest BCUT2D eigenvalue weighted by Crippen LogP contribution is -2.36. The Labute approximate surface area is 88.2 Å². The minimum atomic E-state index is -1.15. The number of esters is 1. The number of hydrogen-bond donors (Lipinski definition) is 1. The van der Waals surface area contributed by atoms with Gasteiger partial charge in [-0.15, -0.1) is 0 Å². The maximum Gasteiger partial charge on any atom is 0.309 e. The van der Waals surface area contributed by atoms with Crippen LogP contribution < -0.4 is 5.32 Å². The molecule has 1 fully saturated rings. The van der Waals surface area contributed by atoms with E-state index in [1.807, 2.05) is 0 Å². The summed E-state index contributed by atoms with van der Waals surface area (Å²) in [5.74, 6) is -1.06. The van der Waals surface area contributed by atoms with Gasteiger partial charge in [0.05, 0.1) is 18.6 Å². The zero-order valence-corrected chi connectivity index (χ0v) is 8.96. The number of hydrogen-bond acceptors (Lipinski definition) is 3. The van der Waals surface area contributed by atoms with Crippen molar-refractivity contribution in [3.05, 3.63) is 0 Å². The normalized spacial score (nSPS) is 29.9. The van der Waals surface area contributed by atoms with Gasteiger partial charge < -0.3 is 10.1 Å². The minimum absolute atomic E-state index is 0.143. The number of halogens is 1. The van der Waals surface area contributed by atoms with Crippen LogP contribution in [0.2, 0.25) is 0 Å². The molecular formula is C10H16FNO3. The quantitative estimate of drug-likeness (QED) is 0.711. The highest BCUT2D eigenvalue weighted by atomic mass is 19.1. The number of ether oxygens (including phenoxy) is 1. The van der Waals surface area contributed by atoms with E-state index in [2.05, 4.69) is 5.32 Å². The van der Waals surface area contributed by atoms with Crippen LogP contribution in [0.15, 0.2) is 0 Å². The van der Waals surface area contributed by atoms with E-state index in [1.165, 1.54) is 6.92 Å². The van der Waals surface area contributed by atoms with Crippen LogP contribution in [0.25, 0.3) is 0 Å². The molecule has 0 spiro atoms. The van der Waals surface area contributed by atoms with Gasteiger partial charge in [-0.25, -0.2) is 4.39 Å². The fourth-order valence-corrected chi connectivity index (χ4v) is 1.85. The zero-order chi connectivity index (χ0) is 11.4. The molecule has 0 aliphatic heterocycles. The number of carbonyl (C=O) groups excluding carboxylic acids is 2. The Balaban J connectivity index is 2.47. The number of alkyl halides is 1. The summed E-state index contributed by atoms with van der Waals surface area (Å²) in [6, 6.07) is -0.545. The van der Waals surface area contributed by atoms with Crippen LogP contribution in [0.1, 0.15) is 26.7 Å². The third kappa shape index (κ3) is 3.18. The summed E-state index contributed by atoms with van der Waals surface area (Å²) in [4.78, 5) is 22.1. The van der Waals surface area contributed by atoms with Crippen LogP contribution in [0, 0.1) is 5.92 Å². The second-order valence-corrected chi connectivity index (χ2v) is 3.74. The predicted octanol–water partition coefficient (Wildman–Crippen LogP) is 0.802. The Hall–Kier alpha value is -1.13. The van der Waals surface area contributed by atoms with Crippen molar-refractivity contribution in [3.8, 4) is 0 Å². The molecule has 1 amide bonds. The Morgan fingerprint density at radius 2 is 2.13 bits per heavy atom. The van der Waals surface area contributed by atoms with Gasteiger partial charge in [0.1, 0.15) is 6.17 Å². The average Bonchev–Trinajstić information content (AvgIpc) is 2.47. The van der Waals surface area contributed by atoms with Gasteiger partial charge in [-0.1, -0.05) is 0 Å². The topological polar surface area (TPSA) is 55.4 Å². The minimum Gasteiger partial charge on any atom is -0.466 e. The molecule has 1 aliphatic rings. The van der Waals surface area contributed by atoms with E-state index in [-0.39, 0.29) is 18.3 Å². The lowest BCUT2D eigenvalue weighted by molar-refractivity contribution is -0.148. The molecule has 0 radical (unpaired) electrons. The standard InChI is InChI=1S/C10H16FNO3/c1-3-15-10(14)7-4-8(11)9(5-7)12-6(2)13/h7-9H,3-5H2,1-2H3,(H,12,13)/t7-,8+,9+/m1/s1. The van der Waals surface area contributed by atoms with Crippen LogP contribution >= 0.6 is 0 Å². The number of amides is 1. The van der Waals surface area contributed by atoms with Crippen LogP contribution in [-0.2, 0) is 14.3 Å². The molecule has 0 saturated heterocycles. The summed E-state index contributed by atoms with van der Waals surface area (Å²) >= 11 is 0. The van der Waals surface area contributed by atoms with Gasteiger partial charge in [0.25, 0.3) is 0 Å². The average molecular weight is 217 g/mol. The van der Waals surface area contributed by atoms with Crippen molar-refractivity contribution in [1.82, 2.24) is 5.32 Å². The van der Waals surface area contributed by atoms with E-state index in [9.17, 15) is 14.0 Å². The number of carbonyl (C=O) groups is 2. The Morgan fingerprint density at radius 1 is 1.47 bits per heavy atom. The Morgan fingerprint density at radius 3 is 2.67 bits per heavy atom. The molecule has 15 heavy (non-hydrogen) atoms. The molecule has 0 aromatic rings. The van der Waals surface area contributed by atoms with Gasteiger partial charge in [0, 0.05) is 6.92 Å². The van der Waals surface area contributed by atoms with Gasteiger partial charge in [0.15, 0.2) is 0 Å². The highest BCUT2D eigenvalue weighted by molar-refractivity contribution is 5.75. The third-order valence-corrected chi connectivity index (χ3v) is 2.49. The lowest BCUT2D eigenvalue weighted by atomic mass is 10.1. The molecule has 0 bridgehead atoms. The van der Waals surface area contributed by atoms with E-state index in [4.69, 9.17) is 4.74 Å². The molecule has 1 aliphatic carbocycles. The second kappa shape index (κ2) is 5.09. The van der Waals surface area contributed by atoms with Crippen molar-refractivity contribution in [1.29, 1.82) is 0 Å². The van der Waals surface area contributed by atoms with E-state index in [0.717, 1.165) is 0 Å². The Bertz CT molecular complexity index is 257. The van der Waals surface area contributed by atoms with Gasteiger partial charge >= 0.3 is 5.97 Å². The van der Waals surface area contributed by atoms with Crippen molar-refractivity contribution in [2.45, 2.75) is 38.9 Å². The van der Waals surface area contributed by atoms with Gasteiger partial charge in [-0.3, -0.25) is 9.59 Å². The second-order valence-electron chi connectivity index (χ2n) is 3.74. The summed E-state index contributed by atoms with van der Waals surface area (Å²) < 4.78 is 18.2. The summed E-state index contributed by atoms with van der Waals surface area (Å²) in [7, 11) is 0. The maximum absolute atomic E-state index is 13.4. The van der Waals surface area contributed by atoms with Crippen LogP contribution in [0.3, 0.4) is 0 Å². The highest BCUT2D eigenvalue weighted by Gasteiger charge is 2.39. The molecule has 0 aromatic carbocycles. The fourth-order valence-electron chi connectivity index (χ4n) is 1.85. The van der Waals surface area contributed by atoms with E-state index in [1.54, 1.807) is 6.92 Å². The molecule has 0 aromatic heterocycles. The van der Waals surface area contributed by atoms with Crippen LogP contribution in [0.4, 0.5) is 4.39 Å². The Kier molecular flexibility index (Phi) is 4.05. The van der Waals surface area contributed by atoms with E-state index in [0.29, 0.717) is 13.0 Å². The van der Waals surface area contributed by atoms with Gasteiger partial charge in [0.2, 0.25) is 5.91 Å². The SMILES string of the molecule is CCOC(=O)[C@H]1C[C@H](NC(C)=O)[C@@H](F)C1. The largest absolute Gasteiger partial charge is 0.466 e. The maximum atomic E-state index is 13.4. The summed E-state index contributed by atoms with van der Waals surface area (Å²) in [5.41, 5.74) is 0. The van der Waals surface area contributed by atoms with Gasteiger partial charge in [-0.2, -0.15) is 0 Å². The van der Waals surface area contributed by atoms with Crippen LogP contribution in [0.5, 0.6) is 0 Å². The predicted molar refractivity (Wildman–Crippen MR) is 51.9 cm³/mol. The molecule has 1 rings (SSSR count). The fraction of sp³-hybridized carbons (Fsp3) is 0.800. The summed E-state index contributed by atoms with van der Waals surface area (Å²) in [6.45, 7) is 3.35. The smallest absolute Gasteiger partial charge is 0.309 e.